The first-order valence-electron chi connectivity index (χ1n) is 4.53. The third kappa shape index (κ3) is 3.90. The normalized spacial score (nSPS) is 13.1. The minimum absolute atomic E-state index is 0.370. The maximum Gasteiger partial charge on any atom is 0.0349 e. The monoisotopic (exact) mass is 294 g/mol. The van der Waals surface area contributed by atoms with Crippen LogP contribution in [-0.4, -0.2) is 17.5 Å². The second-order valence-electron chi connectivity index (χ2n) is 2.92. The Hall–Kier alpha value is 0.450. The van der Waals surface area contributed by atoms with E-state index in [-0.39, 0.29) is 0 Å². The van der Waals surface area contributed by atoms with Crippen molar-refractivity contribution in [1.29, 1.82) is 0 Å². The van der Waals surface area contributed by atoms with E-state index in [2.05, 4.69) is 39.7 Å². The van der Waals surface area contributed by atoms with Crippen LogP contribution in [0.5, 0.6) is 0 Å². The van der Waals surface area contributed by atoms with Crippen LogP contribution in [0.4, 0.5) is 0 Å². The highest BCUT2D eigenvalue weighted by atomic mass is 79.9. The molecule has 1 heterocycles. The van der Waals surface area contributed by atoms with Crippen molar-refractivity contribution in [2.24, 2.45) is 5.84 Å². The summed E-state index contributed by atoms with van der Waals surface area (Å²) in [6.45, 7) is 2.17. The van der Waals surface area contributed by atoms with Crippen LogP contribution in [-0.2, 0) is 6.42 Å². The van der Waals surface area contributed by atoms with Gasteiger partial charge in [-0.15, -0.1) is 11.3 Å². The van der Waals surface area contributed by atoms with Gasteiger partial charge in [-0.05, 0) is 33.1 Å². The number of nitrogens with two attached hydrogens (primary N) is 1. The number of thiophene rings is 1. The summed E-state index contributed by atoms with van der Waals surface area (Å²) in [4.78, 5) is 1.37. The van der Waals surface area contributed by atoms with Crippen LogP contribution in [0, 0.1) is 0 Å². The summed E-state index contributed by atoms with van der Waals surface area (Å²) in [5.41, 5.74) is 2.87. The van der Waals surface area contributed by atoms with E-state index in [1.807, 2.05) is 11.8 Å². The molecule has 1 atom stereocenters. The summed E-state index contributed by atoms with van der Waals surface area (Å²) in [6, 6.07) is 2.45. The predicted molar refractivity (Wildman–Crippen MR) is 69.8 cm³/mol. The van der Waals surface area contributed by atoms with Crippen molar-refractivity contribution in [3.63, 3.8) is 0 Å². The van der Waals surface area contributed by atoms with E-state index in [1.165, 1.54) is 9.35 Å². The zero-order chi connectivity index (χ0) is 10.4. The Labute approximate surface area is 102 Å². The fourth-order valence-electron chi connectivity index (χ4n) is 1.12. The summed E-state index contributed by atoms with van der Waals surface area (Å²) in [5, 5.41) is 2.10. The van der Waals surface area contributed by atoms with Crippen molar-refractivity contribution < 1.29 is 0 Å². The highest BCUT2D eigenvalue weighted by Gasteiger charge is 2.10. The van der Waals surface area contributed by atoms with Crippen LogP contribution in [0.2, 0.25) is 0 Å². The summed E-state index contributed by atoms with van der Waals surface area (Å²) in [5.74, 6) is 7.72. The van der Waals surface area contributed by atoms with Crippen molar-refractivity contribution >= 4 is 39.0 Å². The highest BCUT2D eigenvalue weighted by Crippen LogP contribution is 2.24. The van der Waals surface area contributed by atoms with Gasteiger partial charge in [0.2, 0.25) is 0 Å². The predicted octanol–water partition coefficient (Wildman–Crippen LogP) is 2.64. The lowest BCUT2D eigenvalue weighted by Crippen LogP contribution is -2.38. The molecule has 1 aromatic heterocycles. The molecule has 0 aromatic carbocycles. The van der Waals surface area contributed by atoms with Crippen molar-refractivity contribution in [3.05, 3.63) is 20.8 Å². The average molecular weight is 295 g/mol. The second kappa shape index (κ2) is 6.85. The Morgan fingerprint density at radius 3 is 3.00 bits per heavy atom. The minimum atomic E-state index is 0.370. The molecule has 0 amide bonds. The molecule has 2 nitrogen and oxygen atoms in total. The van der Waals surface area contributed by atoms with Crippen molar-refractivity contribution in [2.75, 3.05) is 11.5 Å². The molecule has 0 saturated heterocycles. The van der Waals surface area contributed by atoms with Crippen LogP contribution in [0.25, 0.3) is 0 Å². The summed E-state index contributed by atoms with van der Waals surface area (Å²) in [7, 11) is 0. The van der Waals surface area contributed by atoms with Crippen molar-refractivity contribution in [1.82, 2.24) is 5.43 Å². The molecule has 0 saturated carbocycles. The zero-order valence-corrected chi connectivity index (χ0v) is 11.3. The van der Waals surface area contributed by atoms with Gasteiger partial charge < -0.3 is 0 Å². The number of halogens is 1. The zero-order valence-electron chi connectivity index (χ0n) is 8.13. The van der Waals surface area contributed by atoms with E-state index >= 15 is 0 Å². The summed E-state index contributed by atoms with van der Waals surface area (Å²) < 4.78 is 1.20. The van der Waals surface area contributed by atoms with Gasteiger partial charge in [0.05, 0.1) is 0 Å². The Bertz CT molecular complexity index is 265. The average Bonchev–Trinajstić information content (AvgIpc) is 2.59. The van der Waals surface area contributed by atoms with Crippen LogP contribution in [0.15, 0.2) is 15.9 Å². The van der Waals surface area contributed by atoms with Crippen molar-refractivity contribution in [3.8, 4) is 0 Å². The van der Waals surface area contributed by atoms with Gasteiger partial charge in [-0.2, -0.15) is 11.8 Å². The third-order valence-electron chi connectivity index (χ3n) is 1.88. The van der Waals surface area contributed by atoms with Gasteiger partial charge in [-0.1, -0.05) is 6.92 Å². The van der Waals surface area contributed by atoms with E-state index in [4.69, 9.17) is 5.84 Å². The number of hydrogen-bond acceptors (Lipinski definition) is 4. The maximum absolute atomic E-state index is 5.51. The molecule has 1 aromatic rings. The molecule has 0 radical (unpaired) electrons. The Morgan fingerprint density at radius 1 is 1.71 bits per heavy atom. The smallest absolute Gasteiger partial charge is 0.0349 e. The van der Waals surface area contributed by atoms with Gasteiger partial charge in [0.25, 0.3) is 0 Å². The lowest BCUT2D eigenvalue weighted by atomic mass is 10.2. The second-order valence-corrected chi connectivity index (χ2v) is 6.09. The molecular weight excluding hydrogens is 280 g/mol. The number of rotatable bonds is 6. The molecule has 0 aliphatic rings. The fraction of sp³-hybridized carbons (Fsp3) is 0.556. The number of nitrogens with one attached hydrogen (secondary N) is 1. The molecule has 0 bridgehead atoms. The summed E-state index contributed by atoms with van der Waals surface area (Å²) >= 11 is 7.22. The van der Waals surface area contributed by atoms with Crippen LogP contribution in [0.1, 0.15) is 11.8 Å². The molecule has 3 N–H and O–H groups in total. The Balaban J connectivity index is 2.44. The standard InChI is InChI=1S/C9H15BrN2S2/c1-2-13-6-7(12-11)5-9-8(10)3-4-14-9/h3-4,7,12H,2,5-6,11H2,1H3. The fourth-order valence-corrected chi connectivity index (χ4v) is 3.45. The molecule has 0 aliphatic heterocycles. The topological polar surface area (TPSA) is 38.0 Å². The Morgan fingerprint density at radius 2 is 2.50 bits per heavy atom. The van der Waals surface area contributed by atoms with Crippen molar-refractivity contribution in [2.45, 2.75) is 19.4 Å². The summed E-state index contributed by atoms with van der Waals surface area (Å²) in [6.07, 6.45) is 1.00. The molecule has 0 spiro atoms. The SMILES string of the molecule is CCSCC(Cc1sccc1Br)NN. The highest BCUT2D eigenvalue weighted by molar-refractivity contribution is 9.10. The first-order chi connectivity index (χ1) is 6.77. The van der Waals surface area contributed by atoms with Gasteiger partial charge in [0.1, 0.15) is 0 Å². The molecular formula is C9H15BrN2S2. The quantitative estimate of drug-likeness (QED) is 0.626. The molecule has 0 aliphatic carbocycles. The molecule has 1 unspecified atom stereocenters. The van der Waals surface area contributed by atoms with Gasteiger partial charge in [0.15, 0.2) is 0 Å². The van der Waals surface area contributed by atoms with Crippen LogP contribution >= 0.6 is 39.0 Å². The number of hydrogen-bond donors (Lipinski definition) is 2. The van der Waals surface area contributed by atoms with E-state index < -0.39 is 0 Å². The first-order valence-corrected chi connectivity index (χ1v) is 7.36. The van der Waals surface area contributed by atoms with E-state index in [9.17, 15) is 0 Å². The van der Waals surface area contributed by atoms with E-state index in [0.717, 1.165) is 17.9 Å². The number of thioether (sulfide) groups is 1. The molecule has 1 rings (SSSR count). The molecule has 5 heteroatoms. The Kier molecular flexibility index (Phi) is 6.12. The number of hydrazine groups is 1. The van der Waals surface area contributed by atoms with Gasteiger partial charge in [-0.3, -0.25) is 11.3 Å². The van der Waals surface area contributed by atoms with E-state index in [1.54, 1.807) is 11.3 Å². The minimum Gasteiger partial charge on any atom is -0.271 e. The lowest BCUT2D eigenvalue weighted by Gasteiger charge is -2.14. The van der Waals surface area contributed by atoms with E-state index in [0.29, 0.717) is 6.04 Å². The van der Waals surface area contributed by atoms with Gasteiger partial charge in [0, 0.05) is 27.6 Å². The lowest BCUT2D eigenvalue weighted by molar-refractivity contribution is 0.578. The molecule has 80 valence electrons. The first kappa shape index (κ1) is 12.5. The largest absolute Gasteiger partial charge is 0.271 e. The van der Waals surface area contributed by atoms with Gasteiger partial charge >= 0.3 is 0 Å². The van der Waals surface area contributed by atoms with Crippen LogP contribution < -0.4 is 11.3 Å². The maximum atomic E-state index is 5.51. The molecule has 0 fully saturated rings. The third-order valence-corrected chi connectivity index (χ3v) is 4.88. The van der Waals surface area contributed by atoms with Crippen LogP contribution in [0.3, 0.4) is 0 Å². The molecule has 14 heavy (non-hydrogen) atoms. The van der Waals surface area contributed by atoms with Gasteiger partial charge in [-0.25, -0.2) is 0 Å².